The van der Waals surface area contributed by atoms with Crippen molar-refractivity contribution >= 4 is 41.1 Å². The first-order valence-electron chi connectivity index (χ1n) is 4.16. The zero-order valence-electron chi connectivity index (χ0n) is 8.09. The van der Waals surface area contributed by atoms with Gasteiger partial charge in [-0.3, -0.25) is 4.79 Å². The zero-order valence-corrected chi connectivity index (χ0v) is 9.60. The second-order valence-electron chi connectivity index (χ2n) is 2.83. The van der Waals surface area contributed by atoms with Gasteiger partial charge in [-0.05, 0) is 23.2 Å². The summed E-state index contributed by atoms with van der Waals surface area (Å²) in [5, 5.41) is 19.1. The van der Waals surface area contributed by atoms with Crippen LogP contribution in [-0.4, -0.2) is 43.1 Å². The monoisotopic (exact) mass is 280 g/mol. The Kier molecular flexibility index (Phi) is 4.41. The number of hydrogen-bond donors (Lipinski definition) is 3. The fourth-order valence-electron chi connectivity index (χ4n) is 0.921. The summed E-state index contributed by atoms with van der Waals surface area (Å²) < 4.78 is 0. The molecule has 0 amide bonds. The SMILES string of the molecule is O=C(O)CC(Nc1nc(Cl)nc(Cl)n1)C(=O)O. The maximum absolute atomic E-state index is 10.7. The number of hydrogen-bond acceptors (Lipinski definition) is 6. The van der Waals surface area contributed by atoms with Gasteiger partial charge in [-0.1, -0.05) is 0 Å². The van der Waals surface area contributed by atoms with Gasteiger partial charge in [0.15, 0.2) is 0 Å². The van der Waals surface area contributed by atoms with Gasteiger partial charge in [-0.25, -0.2) is 4.79 Å². The maximum Gasteiger partial charge on any atom is 0.326 e. The Labute approximate surface area is 105 Å². The van der Waals surface area contributed by atoms with E-state index in [-0.39, 0.29) is 16.5 Å². The number of nitrogens with zero attached hydrogens (tertiary/aromatic N) is 3. The summed E-state index contributed by atoms with van der Waals surface area (Å²) in [5.41, 5.74) is 0. The van der Waals surface area contributed by atoms with Crippen LogP contribution in [0.2, 0.25) is 10.6 Å². The fourth-order valence-corrected chi connectivity index (χ4v) is 1.28. The van der Waals surface area contributed by atoms with E-state index in [0.717, 1.165) is 0 Å². The standard InChI is InChI=1S/C7H6Cl2N4O4/c8-5-11-6(9)13-7(12-5)10-2(4(16)17)1-3(14)15/h2H,1H2,(H,14,15)(H,16,17)(H,10,11,12,13). The molecule has 0 radical (unpaired) electrons. The summed E-state index contributed by atoms with van der Waals surface area (Å²) in [6.07, 6.45) is -0.643. The Morgan fingerprint density at radius 2 is 1.71 bits per heavy atom. The lowest BCUT2D eigenvalue weighted by Crippen LogP contribution is -2.32. The highest BCUT2D eigenvalue weighted by atomic mass is 35.5. The van der Waals surface area contributed by atoms with E-state index in [0.29, 0.717) is 0 Å². The number of carbonyl (C=O) groups is 2. The summed E-state index contributed by atoms with van der Waals surface area (Å²) in [5.74, 6) is -2.85. The molecule has 0 saturated heterocycles. The van der Waals surface area contributed by atoms with Crippen LogP contribution in [0.15, 0.2) is 0 Å². The van der Waals surface area contributed by atoms with Crippen molar-refractivity contribution in [2.24, 2.45) is 0 Å². The first-order valence-corrected chi connectivity index (χ1v) is 4.92. The van der Waals surface area contributed by atoms with Crippen molar-refractivity contribution in [3.63, 3.8) is 0 Å². The number of nitrogens with one attached hydrogen (secondary N) is 1. The van der Waals surface area contributed by atoms with Gasteiger partial charge in [0.2, 0.25) is 16.5 Å². The van der Waals surface area contributed by atoms with Gasteiger partial charge in [-0.2, -0.15) is 15.0 Å². The molecular weight excluding hydrogens is 275 g/mol. The molecule has 17 heavy (non-hydrogen) atoms. The first kappa shape index (κ1) is 13.4. The third-order valence-electron chi connectivity index (χ3n) is 1.56. The molecule has 1 atom stereocenters. The van der Waals surface area contributed by atoms with Crippen molar-refractivity contribution < 1.29 is 19.8 Å². The Morgan fingerprint density at radius 1 is 1.18 bits per heavy atom. The van der Waals surface area contributed by atoms with E-state index < -0.39 is 24.4 Å². The van der Waals surface area contributed by atoms with Crippen LogP contribution in [0.5, 0.6) is 0 Å². The average Bonchev–Trinajstić information content (AvgIpc) is 2.13. The third kappa shape index (κ3) is 4.37. The Morgan fingerprint density at radius 3 is 2.12 bits per heavy atom. The number of anilines is 1. The summed E-state index contributed by atoms with van der Waals surface area (Å²) in [7, 11) is 0. The van der Waals surface area contributed by atoms with E-state index in [4.69, 9.17) is 33.4 Å². The molecule has 0 aromatic carbocycles. The molecule has 8 nitrogen and oxygen atoms in total. The molecule has 92 valence electrons. The highest BCUT2D eigenvalue weighted by molar-refractivity contribution is 6.31. The van der Waals surface area contributed by atoms with Crippen LogP contribution in [0.25, 0.3) is 0 Å². The summed E-state index contributed by atoms with van der Waals surface area (Å²) in [6.45, 7) is 0. The highest BCUT2D eigenvalue weighted by Crippen LogP contribution is 2.11. The van der Waals surface area contributed by atoms with Crippen LogP contribution in [0, 0.1) is 0 Å². The molecule has 3 N–H and O–H groups in total. The molecule has 1 unspecified atom stereocenters. The highest BCUT2D eigenvalue weighted by Gasteiger charge is 2.22. The van der Waals surface area contributed by atoms with Gasteiger partial charge in [0.1, 0.15) is 6.04 Å². The van der Waals surface area contributed by atoms with Gasteiger partial charge >= 0.3 is 11.9 Å². The second kappa shape index (κ2) is 5.60. The van der Waals surface area contributed by atoms with Gasteiger partial charge in [0.25, 0.3) is 0 Å². The quantitative estimate of drug-likeness (QED) is 0.713. The van der Waals surface area contributed by atoms with Gasteiger partial charge < -0.3 is 15.5 Å². The van der Waals surface area contributed by atoms with Gasteiger partial charge in [0, 0.05) is 0 Å². The average molecular weight is 281 g/mol. The van der Waals surface area contributed by atoms with Crippen molar-refractivity contribution in [2.45, 2.75) is 12.5 Å². The smallest absolute Gasteiger partial charge is 0.326 e. The molecule has 10 heteroatoms. The lowest BCUT2D eigenvalue weighted by Gasteiger charge is -2.11. The molecular formula is C7H6Cl2N4O4. The minimum Gasteiger partial charge on any atom is -0.481 e. The second-order valence-corrected chi connectivity index (χ2v) is 3.51. The number of rotatable bonds is 5. The van der Waals surface area contributed by atoms with Crippen LogP contribution < -0.4 is 5.32 Å². The van der Waals surface area contributed by atoms with Crippen LogP contribution in [0.4, 0.5) is 5.95 Å². The third-order valence-corrected chi connectivity index (χ3v) is 1.90. The van der Waals surface area contributed by atoms with Crippen molar-refractivity contribution in [3.05, 3.63) is 10.6 Å². The minimum atomic E-state index is -1.39. The van der Waals surface area contributed by atoms with E-state index in [1.54, 1.807) is 0 Å². The number of halogens is 2. The lowest BCUT2D eigenvalue weighted by atomic mass is 10.2. The lowest BCUT2D eigenvalue weighted by molar-refractivity contribution is -0.144. The molecule has 0 bridgehead atoms. The summed E-state index contributed by atoms with van der Waals surface area (Å²) >= 11 is 10.9. The van der Waals surface area contributed by atoms with Gasteiger partial charge in [0.05, 0.1) is 6.42 Å². The van der Waals surface area contributed by atoms with Crippen LogP contribution in [0.3, 0.4) is 0 Å². The van der Waals surface area contributed by atoms with Crippen molar-refractivity contribution in [1.82, 2.24) is 15.0 Å². The predicted octanol–water partition coefficient (Wildman–Crippen LogP) is 0.518. The zero-order chi connectivity index (χ0) is 13.0. The minimum absolute atomic E-state index is 0.205. The first-order chi connectivity index (χ1) is 7.88. The molecule has 0 aliphatic heterocycles. The molecule has 0 spiro atoms. The largest absolute Gasteiger partial charge is 0.481 e. The van der Waals surface area contributed by atoms with E-state index in [1.165, 1.54) is 0 Å². The molecule has 0 saturated carbocycles. The molecule has 1 heterocycles. The molecule has 0 fully saturated rings. The predicted molar refractivity (Wildman–Crippen MR) is 57.1 cm³/mol. The summed E-state index contributed by atoms with van der Waals surface area (Å²) in [6, 6.07) is -1.39. The van der Waals surface area contributed by atoms with E-state index in [2.05, 4.69) is 20.3 Å². The Balaban J connectivity index is 2.85. The van der Waals surface area contributed by atoms with Gasteiger partial charge in [-0.15, -0.1) is 0 Å². The molecule has 1 aromatic rings. The van der Waals surface area contributed by atoms with Crippen LogP contribution >= 0.6 is 23.2 Å². The van der Waals surface area contributed by atoms with E-state index >= 15 is 0 Å². The Bertz CT molecular complexity index is 435. The number of carboxylic acids is 2. The molecule has 1 aromatic heterocycles. The van der Waals surface area contributed by atoms with Crippen molar-refractivity contribution in [3.8, 4) is 0 Å². The fraction of sp³-hybridized carbons (Fsp3) is 0.286. The Hall–Kier alpha value is -1.67. The number of aliphatic carboxylic acids is 2. The van der Waals surface area contributed by atoms with Crippen molar-refractivity contribution in [1.29, 1.82) is 0 Å². The van der Waals surface area contributed by atoms with Crippen LogP contribution in [0.1, 0.15) is 6.42 Å². The number of aromatic nitrogens is 3. The maximum atomic E-state index is 10.7. The molecule has 0 aliphatic rings. The molecule has 0 aliphatic carbocycles. The van der Waals surface area contributed by atoms with E-state index in [1.807, 2.05) is 0 Å². The van der Waals surface area contributed by atoms with Crippen molar-refractivity contribution in [2.75, 3.05) is 5.32 Å². The molecule has 1 rings (SSSR count). The topological polar surface area (TPSA) is 125 Å². The normalized spacial score (nSPS) is 11.9. The summed E-state index contributed by atoms with van der Waals surface area (Å²) in [4.78, 5) is 31.7. The number of carboxylic acid groups (broad SMARTS) is 2. The van der Waals surface area contributed by atoms with E-state index in [9.17, 15) is 9.59 Å². The van der Waals surface area contributed by atoms with Crippen LogP contribution in [-0.2, 0) is 9.59 Å².